The number of anilines is 1. The van der Waals surface area contributed by atoms with Gasteiger partial charge in [-0.1, -0.05) is 0 Å². The molecule has 3 N–H and O–H groups in total. The van der Waals surface area contributed by atoms with Crippen LogP contribution in [0.15, 0.2) is 18.6 Å². The Hall–Kier alpha value is -0.890. The fourth-order valence-electron chi connectivity index (χ4n) is 1.66. The van der Waals surface area contributed by atoms with Gasteiger partial charge in [-0.25, -0.2) is 9.97 Å². The molecule has 1 aromatic heterocycles. The molecule has 0 saturated carbocycles. The van der Waals surface area contributed by atoms with Crippen molar-refractivity contribution in [1.29, 1.82) is 0 Å². The van der Waals surface area contributed by atoms with Gasteiger partial charge in [0.2, 0.25) is 0 Å². The van der Waals surface area contributed by atoms with Crippen molar-refractivity contribution < 1.29 is 14.9 Å². The van der Waals surface area contributed by atoms with Crippen LogP contribution in [0, 0.1) is 0 Å². The molecule has 18 heavy (non-hydrogen) atoms. The molecule has 1 aliphatic heterocycles. The van der Waals surface area contributed by atoms with Crippen LogP contribution in [0.2, 0.25) is 0 Å². The second kappa shape index (κ2) is 6.89. The molecule has 0 aliphatic carbocycles. The summed E-state index contributed by atoms with van der Waals surface area (Å²) in [5, 5.41) is 22.0. The number of rotatable bonds is 6. The maximum Gasteiger partial charge on any atom is 0.129 e. The van der Waals surface area contributed by atoms with E-state index in [4.69, 9.17) is 4.74 Å². The third-order valence-electron chi connectivity index (χ3n) is 2.67. The van der Waals surface area contributed by atoms with Crippen molar-refractivity contribution >= 4 is 17.6 Å². The SMILES string of the molecule is OC1CO[C@@H](CSCCNc2ccncn2)C1O. The molecule has 1 saturated heterocycles. The van der Waals surface area contributed by atoms with Gasteiger partial charge in [0.15, 0.2) is 0 Å². The van der Waals surface area contributed by atoms with Crippen LogP contribution in [-0.2, 0) is 4.74 Å². The van der Waals surface area contributed by atoms with Crippen LogP contribution >= 0.6 is 11.8 Å². The van der Waals surface area contributed by atoms with Crippen LogP contribution in [-0.4, -0.2) is 63.2 Å². The summed E-state index contributed by atoms with van der Waals surface area (Å²) in [5.41, 5.74) is 0. The predicted octanol–water partition coefficient (Wildman–Crippen LogP) is -0.258. The second-order valence-electron chi connectivity index (χ2n) is 4.03. The summed E-state index contributed by atoms with van der Waals surface area (Å²) in [6.45, 7) is 1.01. The molecule has 0 amide bonds. The number of ether oxygens (including phenoxy) is 1. The van der Waals surface area contributed by atoms with E-state index in [0.29, 0.717) is 5.75 Å². The Bertz CT molecular complexity index is 355. The van der Waals surface area contributed by atoms with Crippen molar-refractivity contribution in [3.05, 3.63) is 18.6 Å². The Morgan fingerprint density at radius 1 is 1.50 bits per heavy atom. The minimum atomic E-state index is -0.757. The van der Waals surface area contributed by atoms with E-state index in [0.717, 1.165) is 18.1 Å². The first-order chi connectivity index (χ1) is 8.77. The van der Waals surface area contributed by atoms with E-state index in [2.05, 4.69) is 15.3 Å². The Morgan fingerprint density at radius 2 is 2.39 bits per heavy atom. The fraction of sp³-hybridized carbons (Fsp3) is 0.636. The van der Waals surface area contributed by atoms with Gasteiger partial charge in [0.05, 0.1) is 12.7 Å². The number of hydrogen-bond donors (Lipinski definition) is 3. The smallest absolute Gasteiger partial charge is 0.129 e. The highest BCUT2D eigenvalue weighted by Crippen LogP contribution is 2.18. The molecule has 0 aromatic carbocycles. The number of nitrogens with one attached hydrogen (secondary N) is 1. The highest BCUT2D eigenvalue weighted by atomic mass is 32.2. The fourth-order valence-corrected chi connectivity index (χ4v) is 2.60. The monoisotopic (exact) mass is 271 g/mol. The molecule has 0 bridgehead atoms. The quantitative estimate of drug-likeness (QED) is 0.614. The summed E-state index contributed by atoms with van der Waals surface area (Å²) in [4.78, 5) is 7.88. The van der Waals surface area contributed by atoms with Crippen molar-refractivity contribution in [1.82, 2.24) is 9.97 Å². The summed E-state index contributed by atoms with van der Waals surface area (Å²) in [6.07, 6.45) is 1.43. The highest BCUT2D eigenvalue weighted by Gasteiger charge is 2.33. The minimum Gasteiger partial charge on any atom is -0.388 e. The Kier molecular flexibility index (Phi) is 5.18. The van der Waals surface area contributed by atoms with Crippen molar-refractivity contribution in [2.45, 2.75) is 18.3 Å². The number of aromatic nitrogens is 2. The molecule has 7 heteroatoms. The van der Waals surface area contributed by atoms with Crippen LogP contribution in [0.4, 0.5) is 5.82 Å². The van der Waals surface area contributed by atoms with E-state index < -0.39 is 12.2 Å². The number of hydrogen-bond acceptors (Lipinski definition) is 7. The molecule has 1 fully saturated rings. The zero-order chi connectivity index (χ0) is 12.8. The first kappa shape index (κ1) is 13.5. The first-order valence-electron chi connectivity index (χ1n) is 5.83. The third-order valence-corrected chi connectivity index (χ3v) is 3.73. The standard InChI is InChI=1S/C11H17N3O3S/c15-8-5-17-9(11(8)16)6-18-4-3-13-10-1-2-12-7-14-10/h1-2,7-9,11,15-16H,3-6H2,(H,12,13,14)/t8?,9-,11?/m0/s1. The average Bonchev–Trinajstić information content (AvgIpc) is 2.71. The van der Waals surface area contributed by atoms with Crippen molar-refractivity contribution in [3.8, 4) is 0 Å². The van der Waals surface area contributed by atoms with Crippen molar-refractivity contribution in [2.75, 3.05) is 30.0 Å². The first-order valence-corrected chi connectivity index (χ1v) is 6.98. The van der Waals surface area contributed by atoms with Gasteiger partial charge in [-0.3, -0.25) is 0 Å². The molecule has 2 unspecified atom stereocenters. The van der Waals surface area contributed by atoms with E-state index in [-0.39, 0.29) is 12.7 Å². The van der Waals surface area contributed by atoms with Gasteiger partial charge < -0.3 is 20.3 Å². The van der Waals surface area contributed by atoms with Gasteiger partial charge in [0.25, 0.3) is 0 Å². The topological polar surface area (TPSA) is 87.5 Å². The number of aliphatic hydroxyl groups excluding tert-OH is 2. The van der Waals surface area contributed by atoms with E-state index >= 15 is 0 Å². The van der Waals surface area contributed by atoms with E-state index in [9.17, 15) is 10.2 Å². The molecule has 1 aliphatic rings. The van der Waals surface area contributed by atoms with Gasteiger partial charge in [-0.05, 0) is 6.07 Å². The number of thioether (sulfide) groups is 1. The lowest BCUT2D eigenvalue weighted by atomic mass is 10.2. The highest BCUT2D eigenvalue weighted by molar-refractivity contribution is 7.99. The molecule has 3 atom stereocenters. The summed E-state index contributed by atoms with van der Waals surface area (Å²) in [6, 6.07) is 1.81. The van der Waals surface area contributed by atoms with Gasteiger partial charge in [0, 0.05) is 24.2 Å². The number of aliphatic hydroxyl groups is 2. The largest absolute Gasteiger partial charge is 0.388 e. The van der Waals surface area contributed by atoms with Gasteiger partial charge in [-0.2, -0.15) is 11.8 Å². The van der Waals surface area contributed by atoms with Gasteiger partial charge in [-0.15, -0.1) is 0 Å². The van der Waals surface area contributed by atoms with Crippen molar-refractivity contribution in [3.63, 3.8) is 0 Å². The average molecular weight is 271 g/mol. The van der Waals surface area contributed by atoms with E-state index in [1.165, 1.54) is 6.33 Å². The van der Waals surface area contributed by atoms with Crippen molar-refractivity contribution in [2.24, 2.45) is 0 Å². The molecule has 1 aromatic rings. The molecule has 100 valence electrons. The Morgan fingerprint density at radius 3 is 3.06 bits per heavy atom. The van der Waals surface area contributed by atoms with Crippen LogP contribution in [0.3, 0.4) is 0 Å². The predicted molar refractivity (Wildman–Crippen MR) is 69.6 cm³/mol. The van der Waals surface area contributed by atoms with Crippen LogP contribution in [0.25, 0.3) is 0 Å². The molecular formula is C11H17N3O3S. The third kappa shape index (κ3) is 3.81. The molecule has 2 heterocycles. The summed E-state index contributed by atoms with van der Waals surface area (Å²) >= 11 is 1.67. The molecule has 6 nitrogen and oxygen atoms in total. The summed E-state index contributed by atoms with van der Waals surface area (Å²) in [7, 11) is 0. The number of nitrogens with zero attached hydrogens (tertiary/aromatic N) is 2. The zero-order valence-electron chi connectivity index (χ0n) is 9.90. The normalized spacial score (nSPS) is 27.3. The molecule has 0 spiro atoms. The van der Waals surface area contributed by atoms with E-state index in [1.54, 1.807) is 18.0 Å². The Labute approximate surface area is 110 Å². The maximum atomic E-state index is 9.57. The van der Waals surface area contributed by atoms with Crippen LogP contribution in [0.1, 0.15) is 0 Å². The van der Waals surface area contributed by atoms with Crippen LogP contribution in [0.5, 0.6) is 0 Å². The summed E-state index contributed by atoms with van der Waals surface area (Å²) in [5.74, 6) is 2.37. The van der Waals surface area contributed by atoms with Crippen LogP contribution < -0.4 is 5.32 Å². The van der Waals surface area contributed by atoms with Gasteiger partial charge in [0.1, 0.15) is 24.4 Å². The second-order valence-corrected chi connectivity index (χ2v) is 5.18. The maximum absolute atomic E-state index is 9.57. The molecule has 0 radical (unpaired) electrons. The summed E-state index contributed by atoms with van der Waals surface area (Å²) < 4.78 is 5.28. The Balaban J connectivity index is 1.57. The molecular weight excluding hydrogens is 254 g/mol. The van der Waals surface area contributed by atoms with E-state index in [1.807, 2.05) is 6.07 Å². The lowest BCUT2D eigenvalue weighted by Crippen LogP contribution is -2.31. The molecule has 2 rings (SSSR count). The lowest BCUT2D eigenvalue weighted by Gasteiger charge is -2.14. The zero-order valence-corrected chi connectivity index (χ0v) is 10.7. The minimum absolute atomic E-state index is 0.228. The lowest BCUT2D eigenvalue weighted by molar-refractivity contribution is 0.0337. The van der Waals surface area contributed by atoms with Gasteiger partial charge >= 0.3 is 0 Å².